The molecule has 29 heavy (non-hydrogen) atoms. The van der Waals surface area contributed by atoms with Gasteiger partial charge in [0, 0.05) is 31.9 Å². The minimum atomic E-state index is -0.165. The maximum absolute atomic E-state index is 12.0. The maximum atomic E-state index is 12.0. The fourth-order valence-electron chi connectivity index (χ4n) is 3.00. The predicted molar refractivity (Wildman–Crippen MR) is 125 cm³/mol. The monoisotopic (exact) mass is 532 g/mol. The molecular formula is C19H26ClIN6O2. The van der Waals surface area contributed by atoms with Gasteiger partial charge in [-0.05, 0) is 37.6 Å². The van der Waals surface area contributed by atoms with Crippen LogP contribution in [-0.4, -0.2) is 49.1 Å². The Morgan fingerprint density at radius 1 is 1.38 bits per heavy atom. The molecule has 1 saturated heterocycles. The average molecular weight is 533 g/mol. The number of guanidine groups is 1. The van der Waals surface area contributed by atoms with Crippen LogP contribution in [0.15, 0.2) is 46.1 Å². The first-order valence-corrected chi connectivity index (χ1v) is 9.73. The van der Waals surface area contributed by atoms with Crippen molar-refractivity contribution in [3.63, 3.8) is 0 Å². The summed E-state index contributed by atoms with van der Waals surface area (Å²) in [6.07, 6.45) is 4.26. The Labute approximate surface area is 192 Å². The van der Waals surface area contributed by atoms with Crippen LogP contribution in [0.25, 0.3) is 0 Å². The van der Waals surface area contributed by atoms with E-state index in [1.54, 1.807) is 18.5 Å². The summed E-state index contributed by atoms with van der Waals surface area (Å²) in [6.45, 7) is 4.72. The van der Waals surface area contributed by atoms with E-state index in [0.717, 1.165) is 25.3 Å². The van der Waals surface area contributed by atoms with Gasteiger partial charge in [0.2, 0.25) is 5.91 Å². The van der Waals surface area contributed by atoms with Crippen molar-refractivity contribution < 1.29 is 9.21 Å². The van der Waals surface area contributed by atoms with Crippen molar-refractivity contribution in [2.24, 2.45) is 4.99 Å². The Kier molecular flexibility index (Phi) is 9.52. The number of hydrogen-bond acceptors (Lipinski definition) is 5. The van der Waals surface area contributed by atoms with E-state index < -0.39 is 0 Å². The standard InChI is InChI=1S/C19H25ClN6O2.HI/c1-2-21-19(24-12-17(27)23-11-15-5-4-10-28-15)25-14-7-9-26(13-14)18-16(20)6-3-8-22-18;/h3-6,8,10,14H,2,7,9,11-13H2,1H3,(H,23,27)(H2,21,24,25);1H. The molecular weight excluding hydrogens is 507 g/mol. The summed E-state index contributed by atoms with van der Waals surface area (Å²) < 4.78 is 5.20. The lowest BCUT2D eigenvalue weighted by atomic mass is 10.3. The highest BCUT2D eigenvalue weighted by Gasteiger charge is 2.25. The number of anilines is 1. The number of carbonyl (C=O) groups excluding carboxylic acids is 1. The summed E-state index contributed by atoms with van der Waals surface area (Å²) >= 11 is 6.25. The zero-order chi connectivity index (χ0) is 19.8. The molecule has 1 aliphatic rings. The normalized spacial score (nSPS) is 16.3. The molecule has 158 valence electrons. The van der Waals surface area contributed by atoms with Gasteiger partial charge in [0.1, 0.15) is 18.1 Å². The van der Waals surface area contributed by atoms with E-state index in [1.165, 1.54) is 0 Å². The molecule has 0 saturated carbocycles. The van der Waals surface area contributed by atoms with Crippen LogP contribution in [0.1, 0.15) is 19.1 Å². The molecule has 2 aromatic heterocycles. The first-order chi connectivity index (χ1) is 13.7. The Morgan fingerprint density at radius 3 is 2.97 bits per heavy atom. The van der Waals surface area contributed by atoms with Crippen molar-refractivity contribution in [2.75, 3.05) is 31.1 Å². The number of nitrogens with zero attached hydrogens (tertiary/aromatic N) is 3. The highest BCUT2D eigenvalue weighted by atomic mass is 127. The molecule has 3 rings (SSSR count). The van der Waals surface area contributed by atoms with Crippen LogP contribution in [0.4, 0.5) is 5.82 Å². The van der Waals surface area contributed by atoms with E-state index in [0.29, 0.717) is 29.8 Å². The second-order valence-corrected chi connectivity index (χ2v) is 6.84. The Morgan fingerprint density at radius 2 is 2.24 bits per heavy atom. The van der Waals surface area contributed by atoms with E-state index >= 15 is 0 Å². The number of hydrogen-bond donors (Lipinski definition) is 3. The van der Waals surface area contributed by atoms with Gasteiger partial charge in [0.05, 0.1) is 17.8 Å². The van der Waals surface area contributed by atoms with Crippen LogP contribution < -0.4 is 20.9 Å². The van der Waals surface area contributed by atoms with Crippen LogP contribution in [-0.2, 0) is 11.3 Å². The van der Waals surface area contributed by atoms with Gasteiger partial charge in [-0.1, -0.05) is 11.6 Å². The summed E-state index contributed by atoms with van der Waals surface area (Å²) in [6, 6.07) is 7.47. The lowest BCUT2D eigenvalue weighted by Gasteiger charge is -2.20. The molecule has 0 radical (unpaired) electrons. The molecule has 3 N–H and O–H groups in total. The van der Waals surface area contributed by atoms with Crippen molar-refractivity contribution in [1.82, 2.24) is 20.9 Å². The van der Waals surface area contributed by atoms with Crippen LogP contribution in [0.2, 0.25) is 5.02 Å². The number of halogens is 2. The largest absolute Gasteiger partial charge is 0.467 e. The third-order valence-corrected chi connectivity index (χ3v) is 4.63. The number of pyridine rings is 1. The van der Waals surface area contributed by atoms with Crippen LogP contribution >= 0.6 is 35.6 Å². The second-order valence-electron chi connectivity index (χ2n) is 6.44. The van der Waals surface area contributed by atoms with Crippen molar-refractivity contribution in [1.29, 1.82) is 0 Å². The molecule has 10 heteroatoms. The second kappa shape index (κ2) is 11.9. The molecule has 0 bridgehead atoms. The fraction of sp³-hybridized carbons (Fsp3) is 0.421. The van der Waals surface area contributed by atoms with Gasteiger partial charge in [-0.15, -0.1) is 24.0 Å². The molecule has 3 heterocycles. The first kappa shape index (κ1) is 23.3. The lowest BCUT2D eigenvalue weighted by Crippen LogP contribution is -2.45. The van der Waals surface area contributed by atoms with E-state index in [1.807, 2.05) is 25.1 Å². The average Bonchev–Trinajstić information content (AvgIpc) is 3.37. The molecule has 1 atom stereocenters. The van der Waals surface area contributed by atoms with Crippen LogP contribution in [0.3, 0.4) is 0 Å². The molecule has 1 fully saturated rings. The maximum Gasteiger partial charge on any atom is 0.242 e. The molecule has 1 amide bonds. The summed E-state index contributed by atoms with van der Waals surface area (Å²) in [5.41, 5.74) is 0. The van der Waals surface area contributed by atoms with E-state index in [4.69, 9.17) is 16.0 Å². The topological polar surface area (TPSA) is 94.8 Å². The van der Waals surface area contributed by atoms with Gasteiger partial charge in [0.25, 0.3) is 0 Å². The quantitative estimate of drug-likeness (QED) is 0.288. The zero-order valence-electron chi connectivity index (χ0n) is 16.2. The third-order valence-electron chi connectivity index (χ3n) is 4.33. The number of furan rings is 1. The molecule has 1 unspecified atom stereocenters. The minimum Gasteiger partial charge on any atom is -0.467 e. The number of carbonyl (C=O) groups is 1. The van der Waals surface area contributed by atoms with E-state index in [-0.39, 0.29) is 42.5 Å². The number of aliphatic imine (C=N–C) groups is 1. The number of rotatable bonds is 7. The van der Waals surface area contributed by atoms with Gasteiger partial charge in [0.15, 0.2) is 5.96 Å². The van der Waals surface area contributed by atoms with Crippen molar-refractivity contribution in [3.05, 3.63) is 47.5 Å². The number of nitrogens with one attached hydrogen (secondary N) is 3. The summed E-state index contributed by atoms with van der Waals surface area (Å²) in [7, 11) is 0. The number of aromatic nitrogens is 1. The fourth-order valence-corrected chi connectivity index (χ4v) is 3.24. The Hall–Kier alpha value is -2.01. The third kappa shape index (κ3) is 7.07. The Balaban J connectivity index is 0.00000300. The first-order valence-electron chi connectivity index (χ1n) is 9.35. The molecule has 1 aliphatic heterocycles. The minimum absolute atomic E-state index is 0. The van der Waals surface area contributed by atoms with Gasteiger partial charge >= 0.3 is 0 Å². The van der Waals surface area contributed by atoms with E-state index in [9.17, 15) is 4.79 Å². The highest BCUT2D eigenvalue weighted by Crippen LogP contribution is 2.25. The molecule has 8 nitrogen and oxygen atoms in total. The predicted octanol–water partition coefficient (Wildman–Crippen LogP) is 2.40. The molecule has 0 aromatic carbocycles. The molecule has 0 aliphatic carbocycles. The smallest absolute Gasteiger partial charge is 0.242 e. The molecule has 2 aromatic rings. The summed E-state index contributed by atoms with van der Waals surface area (Å²) in [5.74, 6) is 1.96. The Bertz CT molecular complexity index is 802. The number of amides is 1. The summed E-state index contributed by atoms with van der Waals surface area (Å²) in [5, 5.41) is 10.0. The highest BCUT2D eigenvalue weighted by molar-refractivity contribution is 14.0. The van der Waals surface area contributed by atoms with Crippen molar-refractivity contribution >= 4 is 53.3 Å². The van der Waals surface area contributed by atoms with Gasteiger partial charge in [-0.2, -0.15) is 0 Å². The van der Waals surface area contributed by atoms with Gasteiger partial charge < -0.3 is 25.3 Å². The lowest BCUT2D eigenvalue weighted by molar-refractivity contribution is -0.119. The van der Waals surface area contributed by atoms with Crippen LogP contribution in [0, 0.1) is 0 Å². The zero-order valence-corrected chi connectivity index (χ0v) is 19.3. The SMILES string of the molecule is CCNC(=NCC(=O)NCc1ccco1)NC1CCN(c2ncccc2Cl)C1.I. The summed E-state index contributed by atoms with van der Waals surface area (Å²) in [4.78, 5) is 22.9. The van der Waals surface area contributed by atoms with Gasteiger partial charge in [-0.25, -0.2) is 9.98 Å². The van der Waals surface area contributed by atoms with Gasteiger partial charge in [-0.3, -0.25) is 4.79 Å². The van der Waals surface area contributed by atoms with Crippen molar-refractivity contribution in [2.45, 2.75) is 25.9 Å². The molecule has 0 spiro atoms. The van der Waals surface area contributed by atoms with E-state index in [2.05, 4.69) is 30.8 Å². The van der Waals surface area contributed by atoms with Crippen molar-refractivity contribution in [3.8, 4) is 0 Å². The van der Waals surface area contributed by atoms with Crippen LogP contribution in [0.5, 0.6) is 0 Å².